The van der Waals surface area contributed by atoms with Gasteiger partial charge in [0.1, 0.15) is 0 Å². The second kappa shape index (κ2) is 3.77. The van der Waals surface area contributed by atoms with Crippen molar-refractivity contribution in [3.8, 4) is 0 Å². The molecule has 5 heteroatoms. The van der Waals surface area contributed by atoms with E-state index in [2.05, 4.69) is 0 Å². The lowest BCUT2D eigenvalue weighted by Gasteiger charge is -2.07. The molecule has 0 atom stereocenters. The normalized spacial score (nSPS) is 10.7. The van der Waals surface area contributed by atoms with Crippen molar-refractivity contribution in [3.05, 3.63) is 34.9 Å². The average molecular weight is 206 g/mol. The van der Waals surface area contributed by atoms with Crippen molar-refractivity contribution < 1.29 is 22.4 Å². The van der Waals surface area contributed by atoms with Crippen LogP contribution in [0, 0.1) is 11.6 Å². The molecule has 0 heterocycles. The Hall–Kier alpha value is -1.39. The summed E-state index contributed by atoms with van der Waals surface area (Å²) in [5, 5.41) is 0. The van der Waals surface area contributed by atoms with Crippen molar-refractivity contribution in [2.24, 2.45) is 0 Å². The molecule has 1 nitrogen and oxygen atoms in total. The van der Waals surface area contributed by atoms with Gasteiger partial charge in [0.15, 0.2) is 17.4 Å². The summed E-state index contributed by atoms with van der Waals surface area (Å²) in [7, 11) is 0. The number of Topliss-reactive ketones (excluding diaryl/α,β-unsaturated/α-hetero) is 1. The molecule has 0 spiro atoms. The molecule has 0 aliphatic heterocycles. The fourth-order valence-corrected chi connectivity index (χ4v) is 1.11. The number of benzene rings is 1. The first-order valence-corrected chi connectivity index (χ1v) is 3.72. The molecule has 14 heavy (non-hydrogen) atoms. The number of alkyl halides is 2. The van der Waals surface area contributed by atoms with Gasteiger partial charge in [-0.05, 0) is 19.1 Å². The van der Waals surface area contributed by atoms with Crippen LogP contribution in [0.1, 0.15) is 29.3 Å². The number of rotatable bonds is 2. The molecule has 0 unspecified atom stereocenters. The van der Waals surface area contributed by atoms with Crippen LogP contribution in [0.5, 0.6) is 0 Å². The monoisotopic (exact) mass is 206 g/mol. The molecule has 0 amide bonds. The van der Waals surface area contributed by atoms with E-state index in [9.17, 15) is 22.4 Å². The highest BCUT2D eigenvalue weighted by molar-refractivity contribution is 5.95. The van der Waals surface area contributed by atoms with Gasteiger partial charge in [-0.25, -0.2) is 17.6 Å². The SMILES string of the molecule is CC(=O)c1c(C(F)F)ccc(F)c1F. The highest BCUT2D eigenvalue weighted by Crippen LogP contribution is 2.26. The highest BCUT2D eigenvalue weighted by atomic mass is 19.3. The van der Waals surface area contributed by atoms with Gasteiger partial charge in [-0.3, -0.25) is 4.79 Å². The summed E-state index contributed by atoms with van der Waals surface area (Å²) in [4.78, 5) is 10.8. The van der Waals surface area contributed by atoms with E-state index in [1.807, 2.05) is 0 Å². The first-order valence-electron chi connectivity index (χ1n) is 3.72. The minimum Gasteiger partial charge on any atom is -0.294 e. The molecular formula is C9H6F4O. The lowest BCUT2D eigenvalue weighted by Crippen LogP contribution is -2.06. The predicted octanol–water partition coefficient (Wildman–Crippen LogP) is 3.11. The predicted molar refractivity (Wildman–Crippen MR) is 41.3 cm³/mol. The molecule has 1 aromatic rings. The Morgan fingerprint density at radius 1 is 1.29 bits per heavy atom. The van der Waals surface area contributed by atoms with Crippen LogP contribution in [0.3, 0.4) is 0 Å². The zero-order chi connectivity index (χ0) is 10.9. The Bertz CT molecular complexity index is 373. The molecule has 0 N–H and O–H groups in total. The molecule has 1 aromatic carbocycles. The number of hydrogen-bond donors (Lipinski definition) is 0. The van der Waals surface area contributed by atoms with Crippen LogP contribution in [-0.4, -0.2) is 5.78 Å². The van der Waals surface area contributed by atoms with E-state index >= 15 is 0 Å². The number of hydrogen-bond acceptors (Lipinski definition) is 1. The maximum Gasteiger partial charge on any atom is 0.264 e. The summed E-state index contributed by atoms with van der Waals surface area (Å²) < 4.78 is 50.1. The summed E-state index contributed by atoms with van der Waals surface area (Å²) in [6, 6.07) is 1.28. The van der Waals surface area contributed by atoms with E-state index in [4.69, 9.17) is 0 Å². The van der Waals surface area contributed by atoms with Gasteiger partial charge in [0.05, 0.1) is 5.56 Å². The van der Waals surface area contributed by atoms with Crippen LogP contribution in [-0.2, 0) is 0 Å². The van der Waals surface area contributed by atoms with Crippen LogP contribution in [0.15, 0.2) is 12.1 Å². The van der Waals surface area contributed by atoms with Crippen molar-refractivity contribution in [2.75, 3.05) is 0 Å². The topological polar surface area (TPSA) is 17.1 Å². The quantitative estimate of drug-likeness (QED) is 0.536. The molecule has 0 aliphatic carbocycles. The maximum absolute atomic E-state index is 12.9. The molecular weight excluding hydrogens is 200 g/mol. The van der Waals surface area contributed by atoms with E-state index in [0.29, 0.717) is 12.1 Å². The first kappa shape index (κ1) is 10.7. The third kappa shape index (κ3) is 1.76. The van der Waals surface area contributed by atoms with Crippen LogP contribution < -0.4 is 0 Å². The Labute approximate surface area is 77.3 Å². The second-order valence-electron chi connectivity index (χ2n) is 2.68. The summed E-state index contributed by atoms with van der Waals surface area (Å²) in [5.74, 6) is -3.74. The molecule has 0 bridgehead atoms. The standard InChI is InChI=1S/C9H6F4O/c1-4(14)7-5(9(12)13)2-3-6(10)8(7)11/h2-3,9H,1H3. The van der Waals surface area contributed by atoms with Crippen LogP contribution >= 0.6 is 0 Å². The van der Waals surface area contributed by atoms with Crippen LogP contribution in [0.2, 0.25) is 0 Å². The summed E-state index contributed by atoms with van der Waals surface area (Å²) >= 11 is 0. The zero-order valence-corrected chi connectivity index (χ0v) is 7.15. The summed E-state index contributed by atoms with van der Waals surface area (Å²) in [5.41, 5.74) is -1.66. The van der Waals surface area contributed by atoms with Gasteiger partial charge in [-0.1, -0.05) is 0 Å². The van der Waals surface area contributed by atoms with E-state index in [1.54, 1.807) is 0 Å². The summed E-state index contributed by atoms with van der Waals surface area (Å²) in [6.45, 7) is 0.906. The fraction of sp³-hybridized carbons (Fsp3) is 0.222. The van der Waals surface area contributed by atoms with E-state index in [0.717, 1.165) is 6.92 Å². The van der Waals surface area contributed by atoms with E-state index in [-0.39, 0.29) is 0 Å². The molecule has 0 fully saturated rings. The Balaban J connectivity index is 3.45. The third-order valence-electron chi connectivity index (χ3n) is 1.71. The van der Waals surface area contributed by atoms with Crippen molar-refractivity contribution >= 4 is 5.78 Å². The number of carbonyl (C=O) groups is 1. The Kier molecular flexibility index (Phi) is 2.88. The summed E-state index contributed by atoms with van der Waals surface area (Å²) in [6.07, 6.45) is -3.00. The van der Waals surface area contributed by atoms with Crippen molar-refractivity contribution in [1.29, 1.82) is 0 Å². The van der Waals surface area contributed by atoms with Gasteiger partial charge in [-0.2, -0.15) is 0 Å². The fourth-order valence-electron chi connectivity index (χ4n) is 1.11. The lowest BCUT2D eigenvalue weighted by molar-refractivity contribution is 0.0992. The maximum atomic E-state index is 12.9. The second-order valence-corrected chi connectivity index (χ2v) is 2.68. The molecule has 0 aliphatic rings. The van der Waals surface area contributed by atoms with Crippen LogP contribution in [0.25, 0.3) is 0 Å². The first-order chi connectivity index (χ1) is 6.45. The van der Waals surface area contributed by atoms with Gasteiger partial charge in [0.2, 0.25) is 0 Å². The van der Waals surface area contributed by atoms with E-state index in [1.165, 1.54) is 0 Å². The lowest BCUT2D eigenvalue weighted by atomic mass is 10.0. The van der Waals surface area contributed by atoms with Gasteiger partial charge in [-0.15, -0.1) is 0 Å². The third-order valence-corrected chi connectivity index (χ3v) is 1.71. The van der Waals surface area contributed by atoms with Crippen LogP contribution in [0.4, 0.5) is 17.6 Å². The van der Waals surface area contributed by atoms with Gasteiger partial charge < -0.3 is 0 Å². The number of ketones is 1. The Morgan fingerprint density at radius 3 is 2.29 bits per heavy atom. The molecule has 0 saturated heterocycles. The molecule has 76 valence electrons. The van der Waals surface area contributed by atoms with Gasteiger partial charge in [0, 0.05) is 5.56 Å². The van der Waals surface area contributed by atoms with Gasteiger partial charge >= 0.3 is 0 Å². The van der Waals surface area contributed by atoms with Gasteiger partial charge in [0.25, 0.3) is 6.43 Å². The molecule has 0 aromatic heterocycles. The van der Waals surface area contributed by atoms with Crippen molar-refractivity contribution in [1.82, 2.24) is 0 Å². The average Bonchev–Trinajstić information content (AvgIpc) is 2.08. The smallest absolute Gasteiger partial charge is 0.264 e. The van der Waals surface area contributed by atoms with E-state index < -0.39 is 35.0 Å². The number of carbonyl (C=O) groups excluding carboxylic acids is 1. The molecule has 1 rings (SSSR count). The minimum atomic E-state index is -3.00. The Morgan fingerprint density at radius 2 is 1.86 bits per heavy atom. The number of halogens is 4. The molecule has 0 radical (unpaired) electrons. The van der Waals surface area contributed by atoms with Crippen molar-refractivity contribution in [3.63, 3.8) is 0 Å². The zero-order valence-electron chi connectivity index (χ0n) is 7.15. The minimum absolute atomic E-state index is 0.573. The highest BCUT2D eigenvalue weighted by Gasteiger charge is 2.22. The largest absolute Gasteiger partial charge is 0.294 e. The molecule has 0 saturated carbocycles. The van der Waals surface area contributed by atoms with Crippen molar-refractivity contribution in [2.45, 2.75) is 13.3 Å².